The highest BCUT2D eigenvalue weighted by atomic mass is 32.1. The lowest BCUT2D eigenvalue weighted by atomic mass is 10.2. The first kappa shape index (κ1) is 17.0. The van der Waals surface area contributed by atoms with Crippen LogP contribution in [0.3, 0.4) is 0 Å². The molecular formula is C18H15N5O3S. The summed E-state index contributed by atoms with van der Waals surface area (Å²) in [6, 6.07) is 10.9. The largest absolute Gasteiger partial charge is 0.465 e. The smallest absolute Gasteiger partial charge is 0.348 e. The van der Waals surface area contributed by atoms with Crippen LogP contribution in [0.1, 0.15) is 9.67 Å². The molecule has 8 nitrogen and oxygen atoms in total. The lowest BCUT2D eigenvalue weighted by Crippen LogP contribution is -2.19. The van der Waals surface area contributed by atoms with Gasteiger partial charge in [0.15, 0.2) is 0 Å². The zero-order chi connectivity index (χ0) is 18.8. The van der Waals surface area contributed by atoms with E-state index >= 15 is 0 Å². The van der Waals surface area contributed by atoms with Crippen molar-refractivity contribution in [3.63, 3.8) is 0 Å². The maximum atomic E-state index is 12.4. The number of carbonyl (C=O) groups excluding carboxylic acids is 2. The number of nitrogens with zero attached hydrogens (tertiary/aromatic N) is 3. The van der Waals surface area contributed by atoms with Gasteiger partial charge in [-0.1, -0.05) is 12.1 Å². The molecule has 3 aromatic heterocycles. The van der Waals surface area contributed by atoms with Crippen molar-refractivity contribution in [2.24, 2.45) is 0 Å². The number of ether oxygens (including phenoxy) is 1. The number of methoxy groups -OCH3 is 1. The zero-order valence-corrected chi connectivity index (χ0v) is 15.1. The number of para-hydroxylation sites is 1. The van der Waals surface area contributed by atoms with Gasteiger partial charge in [0, 0.05) is 11.6 Å². The standard InChI is InChI=1S/C18H15N5O3S/c1-26-18(25)15-6-5-14(27-15)12-7-8-23(22-12)10-16(24)20-13-4-2-3-11-9-19-21-17(11)13/h2-9H,10H2,1H3,(H,19,21)(H,20,24). The Morgan fingerprint density at radius 3 is 3.00 bits per heavy atom. The highest BCUT2D eigenvalue weighted by molar-refractivity contribution is 7.17. The van der Waals surface area contributed by atoms with Crippen LogP contribution in [-0.2, 0) is 16.1 Å². The minimum Gasteiger partial charge on any atom is -0.465 e. The molecule has 0 atom stereocenters. The molecule has 0 aliphatic carbocycles. The Labute approximate surface area is 157 Å². The van der Waals surface area contributed by atoms with Gasteiger partial charge in [-0.25, -0.2) is 4.79 Å². The van der Waals surface area contributed by atoms with Crippen LogP contribution in [0.4, 0.5) is 5.69 Å². The zero-order valence-electron chi connectivity index (χ0n) is 14.3. The average molecular weight is 381 g/mol. The average Bonchev–Trinajstić information content (AvgIpc) is 3.40. The Morgan fingerprint density at radius 1 is 1.26 bits per heavy atom. The maximum absolute atomic E-state index is 12.4. The second-order valence-electron chi connectivity index (χ2n) is 5.74. The molecule has 0 bridgehead atoms. The van der Waals surface area contributed by atoms with Crippen LogP contribution in [0, 0.1) is 0 Å². The summed E-state index contributed by atoms with van der Waals surface area (Å²) in [5, 5.41) is 15.1. The van der Waals surface area contributed by atoms with Gasteiger partial charge < -0.3 is 10.1 Å². The number of rotatable bonds is 5. The molecule has 0 aliphatic rings. The van der Waals surface area contributed by atoms with E-state index in [4.69, 9.17) is 4.74 Å². The molecule has 0 fully saturated rings. The summed E-state index contributed by atoms with van der Waals surface area (Å²) in [6.07, 6.45) is 3.43. The van der Waals surface area contributed by atoms with Crippen molar-refractivity contribution in [3.8, 4) is 10.6 Å². The number of benzene rings is 1. The number of fused-ring (bicyclic) bond motifs is 1. The first-order valence-electron chi connectivity index (χ1n) is 8.08. The number of H-pyrrole nitrogens is 1. The number of nitrogens with one attached hydrogen (secondary N) is 2. The summed E-state index contributed by atoms with van der Waals surface area (Å²) in [6.45, 7) is 0.0692. The summed E-state index contributed by atoms with van der Waals surface area (Å²) in [7, 11) is 1.35. The van der Waals surface area contributed by atoms with Crippen LogP contribution in [0.25, 0.3) is 21.5 Å². The van der Waals surface area contributed by atoms with E-state index in [1.165, 1.54) is 18.4 Å². The summed E-state index contributed by atoms with van der Waals surface area (Å²) < 4.78 is 6.26. The topological polar surface area (TPSA) is 102 Å². The highest BCUT2D eigenvalue weighted by Crippen LogP contribution is 2.27. The van der Waals surface area contributed by atoms with E-state index in [0.29, 0.717) is 16.3 Å². The van der Waals surface area contributed by atoms with E-state index < -0.39 is 0 Å². The third kappa shape index (κ3) is 3.44. The first-order chi connectivity index (χ1) is 13.1. The Morgan fingerprint density at radius 2 is 2.15 bits per heavy atom. The number of anilines is 1. The molecule has 0 spiro atoms. The Hall–Kier alpha value is -3.46. The van der Waals surface area contributed by atoms with Crippen molar-refractivity contribution < 1.29 is 14.3 Å². The van der Waals surface area contributed by atoms with Crippen LogP contribution in [0.15, 0.2) is 48.8 Å². The lowest BCUT2D eigenvalue weighted by molar-refractivity contribution is -0.116. The third-order valence-electron chi connectivity index (χ3n) is 3.94. The molecule has 1 aromatic carbocycles. The molecule has 9 heteroatoms. The molecule has 0 unspecified atom stereocenters. The minimum absolute atomic E-state index is 0.0692. The van der Waals surface area contributed by atoms with Crippen molar-refractivity contribution >= 4 is 39.8 Å². The molecule has 4 rings (SSSR count). The number of aromatic nitrogens is 4. The van der Waals surface area contributed by atoms with Crippen LogP contribution >= 0.6 is 11.3 Å². The minimum atomic E-state index is -0.377. The molecule has 136 valence electrons. The van der Waals surface area contributed by atoms with E-state index in [9.17, 15) is 9.59 Å². The van der Waals surface area contributed by atoms with Crippen molar-refractivity contribution in [2.45, 2.75) is 6.54 Å². The SMILES string of the molecule is COC(=O)c1ccc(-c2ccn(CC(=O)Nc3cccc4cn[nH]c34)n2)s1. The first-order valence-corrected chi connectivity index (χ1v) is 8.89. The number of hydrogen-bond donors (Lipinski definition) is 2. The molecule has 1 amide bonds. The number of carbonyl (C=O) groups is 2. The van der Waals surface area contributed by atoms with Gasteiger partial charge in [-0.05, 0) is 24.3 Å². The third-order valence-corrected chi connectivity index (χ3v) is 5.03. The van der Waals surface area contributed by atoms with Gasteiger partial charge >= 0.3 is 5.97 Å². The number of amides is 1. The summed E-state index contributed by atoms with van der Waals surface area (Å²) in [5.41, 5.74) is 2.14. The van der Waals surface area contributed by atoms with Crippen LogP contribution in [-0.4, -0.2) is 39.0 Å². The van der Waals surface area contributed by atoms with E-state index in [1.807, 2.05) is 24.3 Å². The normalized spacial score (nSPS) is 10.9. The van der Waals surface area contributed by atoms with Crippen LogP contribution in [0.5, 0.6) is 0 Å². The van der Waals surface area contributed by atoms with Crippen molar-refractivity contribution in [2.75, 3.05) is 12.4 Å². The van der Waals surface area contributed by atoms with E-state index in [-0.39, 0.29) is 18.4 Å². The molecular weight excluding hydrogens is 366 g/mol. The van der Waals surface area contributed by atoms with Gasteiger partial charge in [0.2, 0.25) is 5.91 Å². The maximum Gasteiger partial charge on any atom is 0.348 e. The second kappa shape index (κ2) is 7.04. The quantitative estimate of drug-likeness (QED) is 0.518. The van der Waals surface area contributed by atoms with Gasteiger partial charge in [-0.15, -0.1) is 11.3 Å². The van der Waals surface area contributed by atoms with Gasteiger partial charge in [0.25, 0.3) is 0 Å². The fraction of sp³-hybridized carbons (Fsp3) is 0.111. The molecule has 4 aromatic rings. The highest BCUT2D eigenvalue weighted by Gasteiger charge is 2.13. The second-order valence-corrected chi connectivity index (χ2v) is 6.83. The Balaban J connectivity index is 1.46. The molecule has 0 radical (unpaired) electrons. The molecule has 0 saturated heterocycles. The fourth-order valence-corrected chi connectivity index (χ4v) is 3.57. The number of aromatic amines is 1. The summed E-state index contributed by atoms with van der Waals surface area (Å²) >= 11 is 1.29. The molecule has 0 saturated carbocycles. The monoisotopic (exact) mass is 381 g/mol. The Kier molecular flexibility index (Phi) is 4.43. The number of thiophene rings is 1. The Bertz CT molecular complexity index is 1130. The van der Waals surface area contributed by atoms with Gasteiger partial charge in [0.05, 0.1) is 29.4 Å². The fourth-order valence-electron chi connectivity index (χ4n) is 2.68. The summed E-state index contributed by atoms with van der Waals surface area (Å²) in [4.78, 5) is 25.3. The van der Waals surface area contributed by atoms with Crippen LogP contribution < -0.4 is 5.32 Å². The van der Waals surface area contributed by atoms with Gasteiger partial charge in [-0.2, -0.15) is 10.2 Å². The van der Waals surface area contributed by atoms with Crippen LogP contribution in [0.2, 0.25) is 0 Å². The van der Waals surface area contributed by atoms with E-state index in [0.717, 1.165) is 15.8 Å². The lowest BCUT2D eigenvalue weighted by Gasteiger charge is -2.06. The molecule has 0 aliphatic heterocycles. The van der Waals surface area contributed by atoms with Crippen molar-refractivity contribution in [1.29, 1.82) is 0 Å². The predicted octanol–water partition coefficient (Wildman–Crippen LogP) is 2.91. The van der Waals surface area contributed by atoms with E-state index in [2.05, 4.69) is 20.6 Å². The molecule has 27 heavy (non-hydrogen) atoms. The van der Waals surface area contributed by atoms with E-state index in [1.54, 1.807) is 29.2 Å². The summed E-state index contributed by atoms with van der Waals surface area (Å²) in [5.74, 6) is -0.578. The molecule has 3 heterocycles. The number of esters is 1. The predicted molar refractivity (Wildman–Crippen MR) is 102 cm³/mol. The molecule has 2 N–H and O–H groups in total. The number of hydrogen-bond acceptors (Lipinski definition) is 6. The van der Waals surface area contributed by atoms with Gasteiger partial charge in [0.1, 0.15) is 17.1 Å². The van der Waals surface area contributed by atoms with Crippen molar-refractivity contribution in [1.82, 2.24) is 20.0 Å². The van der Waals surface area contributed by atoms with Gasteiger partial charge in [-0.3, -0.25) is 14.6 Å². The van der Waals surface area contributed by atoms with Crippen molar-refractivity contribution in [3.05, 3.63) is 53.7 Å².